The van der Waals surface area contributed by atoms with Crippen LogP contribution in [-0.4, -0.2) is 32.9 Å². The number of methoxy groups -OCH3 is 1. The first-order valence-corrected chi connectivity index (χ1v) is 8.33. The molecule has 0 N–H and O–H groups in total. The molecule has 0 aromatic heterocycles. The molecule has 0 saturated heterocycles. The average Bonchev–Trinajstić information content (AvgIpc) is 2.65. The van der Waals surface area contributed by atoms with Crippen LogP contribution in [0, 0.1) is 0 Å². The van der Waals surface area contributed by atoms with Gasteiger partial charge in [0, 0.05) is 7.11 Å². The molecular formula is C20H24O5. The van der Waals surface area contributed by atoms with Gasteiger partial charge >= 0.3 is 5.97 Å². The number of benzene rings is 2. The smallest absolute Gasteiger partial charge is 0.338 e. The third kappa shape index (κ3) is 6.47. The van der Waals surface area contributed by atoms with Crippen LogP contribution in [-0.2, 0) is 16.1 Å². The van der Waals surface area contributed by atoms with Gasteiger partial charge in [-0.2, -0.15) is 0 Å². The molecule has 0 unspecified atom stereocenters. The van der Waals surface area contributed by atoms with Crippen LogP contribution in [0.25, 0.3) is 0 Å². The molecule has 0 bridgehead atoms. The lowest BCUT2D eigenvalue weighted by atomic mass is 10.1. The Balaban J connectivity index is 1.73. The van der Waals surface area contributed by atoms with E-state index >= 15 is 0 Å². The van der Waals surface area contributed by atoms with Crippen LogP contribution in [0.3, 0.4) is 0 Å². The SMILES string of the molecule is CCCOc1ccc(OCCOC(=O)c2cccc(COC)c2)cc1. The van der Waals surface area contributed by atoms with Crippen molar-refractivity contribution in [1.29, 1.82) is 0 Å². The molecule has 25 heavy (non-hydrogen) atoms. The van der Waals surface area contributed by atoms with Crippen molar-refractivity contribution in [1.82, 2.24) is 0 Å². The van der Waals surface area contributed by atoms with Crippen molar-refractivity contribution in [3.63, 3.8) is 0 Å². The summed E-state index contributed by atoms with van der Waals surface area (Å²) in [5.41, 5.74) is 1.44. The van der Waals surface area contributed by atoms with Crippen molar-refractivity contribution >= 4 is 5.97 Å². The van der Waals surface area contributed by atoms with E-state index in [2.05, 4.69) is 6.92 Å². The summed E-state index contributed by atoms with van der Waals surface area (Å²) in [5, 5.41) is 0. The first-order chi connectivity index (χ1) is 12.2. The molecule has 2 aromatic carbocycles. The summed E-state index contributed by atoms with van der Waals surface area (Å²) in [6.45, 7) is 3.69. The van der Waals surface area contributed by atoms with Gasteiger partial charge in [-0.1, -0.05) is 19.1 Å². The summed E-state index contributed by atoms with van der Waals surface area (Å²) in [5.74, 6) is 1.16. The van der Waals surface area contributed by atoms with Crippen molar-refractivity contribution in [3.8, 4) is 11.5 Å². The molecule has 0 aliphatic heterocycles. The monoisotopic (exact) mass is 344 g/mol. The van der Waals surface area contributed by atoms with Gasteiger partial charge in [-0.05, 0) is 48.4 Å². The Morgan fingerprint density at radius 1 is 0.920 bits per heavy atom. The molecule has 2 rings (SSSR count). The molecule has 5 nitrogen and oxygen atoms in total. The number of carbonyl (C=O) groups is 1. The lowest BCUT2D eigenvalue weighted by molar-refractivity contribution is 0.0450. The first kappa shape index (κ1) is 18.8. The topological polar surface area (TPSA) is 54.0 Å². The molecule has 0 aliphatic carbocycles. The van der Waals surface area contributed by atoms with Crippen molar-refractivity contribution < 1.29 is 23.7 Å². The zero-order chi connectivity index (χ0) is 17.9. The van der Waals surface area contributed by atoms with Crippen LogP contribution in [0.4, 0.5) is 0 Å². The highest BCUT2D eigenvalue weighted by atomic mass is 16.6. The predicted molar refractivity (Wildman–Crippen MR) is 95.2 cm³/mol. The van der Waals surface area contributed by atoms with Gasteiger partial charge in [0.15, 0.2) is 0 Å². The Morgan fingerprint density at radius 3 is 2.24 bits per heavy atom. The Bertz CT molecular complexity index is 651. The van der Waals surface area contributed by atoms with Gasteiger partial charge in [-0.15, -0.1) is 0 Å². The van der Waals surface area contributed by atoms with Gasteiger partial charge in [0.05, 0.1) is 18.8 Å². The van der Waals surface area contributed by atoms with Gasteiger partial charge in [-0.25, -0.2) is 4.79 Å². The molecule has 5 heteroatoms. The number of ether oxygens (including phenoxy) is 4. The number of hydrogen-bond donors (Lipinski definition) is 0. The van der Waals surface area contributed by atoms with Crippen molar-refractivity contribution in [2.24, 2.45) is 0 Å². The maximum absolute atomic E-state index is 12.0. The molecule has 0 radical (unpaired) electrons. The molecule has 0 saturated carbocycles. The van der Waals surface area contributed by atoms with E-state index in [1.165, 1.54) is 0 Å². The summed E-state index contributed by atoms with van der Waals surface area (Å²) in [6, 6.07) is 14.6. The highest BCUT2D eigenvalue weighted by Crippen LogP contribution is 2.17. The Labute approximate surface area is 148 Å². The van der Waals surface area contributed by atoms with Crippen LogP contribution in [0.2, 0.25) is 0 Å². The van der Waals surface area contributed by atoms with Crippen LogP contribution in [0.1, 0.15) is 29.3 Å². The third-order valence-electron chi connectivity index (χ3n) is 3.36. The minimum absolute atomic E-state index is 0.182. The van der Waals surface area contributed by atoms with E-state index in [-0.39, 0.29) is 12.6 Å². The number of carbonyl (C=O) groups excluding carboxylic acids is 1. The van der Waals surface area contributed by atoms with Crippen molar-refractivity contribution in [2.45, 2.75) is 20.0 Å². The highest BCUT2D eigenvalue weighted by molar-refractivity contribution is 5.89. The fourth-order valence-corrected chi connectivity index (χ4v) is 2.18. The number of hydrogen-bond acceptors (Lipinski definition) is 5. The molecule has 0 atom stereocenters. The second-order valence-electron chi connectivity index (χ2n) is 5.44. The minimum Gasteiger partial charge on any atom is -0.494 e. The molecule has 2 aromatic rings. The van der Waals surface area contributed by atoms with Gasteiger partial charge in [0.2, 0.25) is 0 Å². The van der Waals surface area contributed by atoms with E-state index in [1.807, 2.05) is 36.4 Å². The van der Waals surface area contributed by atoms with Gasteiger partial charge in [-0.3, -0.25) is 0 Å². The van der Waals surface area contributed by atoms with Gasteiger partial charge < -0.3 is 18.9 Å². The molecule has 0 spiro atoms. The van der Waals surface area contributed by atoms with E-state index in [4.69, 9.17) is 18.9 Å². The van der Waals surface area contributed by atoms with E-state index in [9.17, 15) is 4.79 Å². The maximum Gasteiger partial charge on any atom is 0.338 e. The lowest BCUT2D eigenvalue weighted by Gasteiger charge is -2.09. The van der Waals surface area contributed by atoms with E-state index < -0.39 is 0 Å². The Morgan fingerprint density at radius 2 is 1.60 bits per heavy atom. The quantitative estimate of drug-likeness (QED) is 0.484. The van der Waals surface area contributed by atoms with Crippen LogP contribution in [0.5, 0.6) is 11.5 Å². The zero-order valence-corrected chi connectivity index (χ0v) is 14.7. The normalized spacial score (nSPS) is 10.3. The molecule has 0 aliphatic rings. The average molecular weight is 344 g/mol. The molecular weight excluding hydrogens is 320 g/mol. The Kier molecular flexibility index (Phi) is 7.79. The van der Waals surface area contributed by atoms with Gasteiger partial charge in [0.1, 0.15) is 24.7 Å². The first-order valence-electron chi connectivity index (χ1n) is 8.33. The predicted octanol–water partition coefficient (Wildman–Crippen LogP) is 3.86. The minimum atomic E-state index is -0.370. The number of esters is 1. The number of rotatable bonds is 10. The summed E-state index contributed by atoms with van der Waals surface area (Å²) < 4.78 is 21.4. The van der Waals surface area contributed by atoms with E-state index in [0.717, 1.165) is 17.7 Å². The standard InChI is InChI=1S/C20H24O5/c1-3-11-23-18-7-9-19(10-8-18)24-12-13-25-20(21)17-6-4-5-16(14-17)15-22-2/h4-10,14H,3,11-13,15H2,1-2H3. The molecule has 134 valence electrons. The highest BCUT2D eigenvalue weighted by Gasteiger charge is 2.08. The second kappa shape index (κ2) is 10.4. The summed E-state index contributed by atoms with van der Waals surface area (Å²) in [6.07, 6.45) is 0.970. The second-order valence-corrected chi connectivity index (χ2v) is 5.44. The molecule has 0 fully saturated rings. The van der Waals surface area contributed by atoms with Gasteiger partial charge in [0.25, 0.3) is 0 Å². The van der Waals surface area contributed by atoms with Crippen LogP contribution >= 0.6 is 0 Å². The summed E-state index contributed by atoms with van der Waals surface area (Å²) >= 11 is 0. The zero-order valence-electron chi connectivity index (χ0n) is 14.7. The molecule has 0 amide bonds. The Hall–Kier alpha value is -2.53. The fourth-order valence-electron chi connectivity index (χ4n) is 2.18. The lowest BCUT2D eigenvalue weighted by Crippen LogP contribution is -2.12. The van der Waals surface area contributed by atoms with Crippen molar-refractivity contribution in [2.75, 3.05) is 26.9 Å². The maximum atomic E-state index is 12.0. The van der Waals surface area contributed by atoms with Crippen LogP contribution < -0.4 is 9.47 Å². The summed E-state index contributed by atoms with van der Waals surface area (Å²) in [4.78, 5) is 12.0. The summed E-state index contributed by atoms with van der Waals surface area (Å²) in [7, 11) is 1.62. The van der Waals surface area contributed by atoms with E-state index in [1.54, 1.807) is 19.2 Å². The third-order valence-corrected chi connectivity index (χ3v) is 3.36. The molecule has 0 heterocycles. The van der Waals surface area contributed by atoms with Crippen LogP contribution in [0.15, 0.2) is 48.5 Å². The van der Waals surface area contributed by atoms with Crippen molar-refractivity contribution in [3.05, 3.63) is 59.7 Å². The largest absolute Gasteiger partial charge is 0.494 e. The van der Waals surface area contributed by atoms with E-state index in [0.29, 0.717) is 31.1 Å². The fraction of sp³-hybridized carbons (Fsp3) is 0.350.